The zero-order valence-electron chi connectivity index (χ0n) is 12.4. The van der Waals surface area contributed by atoms with Gasteiger partial charge in [0, 0.05) is 11.6 Å². The molecule has 0 saturated heterocycles. The first kappa shape index (κ1) is 14.9. The highest BCUT2D eigenvalue weighted by Crippen LogP contribution is 2.32. The molecule has 0 spiro atoms. The lowest BCUT2D eigenvalue weighted by Gasteiger charge is -2.15. The maximum absolute atomic E-state index is 10.7. The van der Waals surface area contributed by atoms with Crippen molar-refractivity contribution >= 4 is 12.0 Å². The van der Waals surface area contributed by atoms with E-state index in [0.717, 1.165) is 34.1 Å². The van der Waals surface area contributed by atoms with Gasteiger partial charge in [0.1, 0.15) is 11.5 Å². The molecule has 0 aromatic heterocycles. The Morgan fingerprint density at radius 3 is 2.43 bits per heavy atom. The van der Waals surface area contributed by atoms with Crippen LogP contribution >= 0.6 is 0 Å². The molecule has 0 radical (unpaired) electrons. The Bertz CT molecular complexity index is 700. The fraction of sp³-hybridized carbons (Fsp3) is 0.167. The summed E-state index contributed by atoms with van der Waals surface area (Å²) in [6.07, 6.45) is 2.65. The van der Waals surface area contributed by atoms with Gasteiger partial charge in [-0.05, 0) is 49.6 Å². The Morgan fingerprint density at radius 1 is 1.05 bits per heavy atom. The van der Waals surface area contributed by atoms with E-state index in [2.05, 4.69) is 6.07 Å². The van der Waals surface area contributed by atoms with Gasteiger partial charge in [-0.25, -0.2) is 4.79 Å². The van der Waals surface area contributed by atoms with Crippen molar-refractivity contribution in [3.8, 4) is 11.5 Å². The average molecular weight is 282 g/mol. The molecule has 0 saturated carbocycles. The minimum Gasteiger partial charge on any atom is -0.478 e. The maximum atomic E-state index is 10.7. The van der Waals surface area contributed by atoms with Crippen LogP contribution in [0.3, 0.4) is 0 Å². The third kappa shape index (κ3) is 3.51. The molecule has 2 aromatic carbocycles. The number of aryl methyl sites for hydroxylation is 2. The predicted octanol–water partition coefficient (Wildman–Crippen LogP) is 4.50. The van der Waals surface area contributed by atoms with Crippen LogP contribution in [-0.2, 0) is 4.79 Å². The number of carboxylic acid groups (broad SMARTS) is 1. The normalized spacial score (nSPS) is 10.8. The van der Waals surface area contributed by atoms with Gasteiger partial charge in [0.15, 0.2) is 0 Å². The molecule has 0 unspecified atom stereocenters. The number of hydrogen-bond donors (Lipinski definition) is 1. The van der Waals surface area contributed by atoms with E-state index in [1.165, 1.54) is 6.08 Å². The van der Waals surface area contributed by atoms with Crippen molar-refractivity contribution < 1.29 is 14.6 Å². The summed E-state index contributed by atoms with van der Waals surface area (Å²) >= 11 is 0. The molecule has 2 aromatic rings. The lowest BCUT2D eigenvalue weighted by atomic mass is 10.1. The first-order chi connectivity index (χ1) is 9.99. The quantitative estimate of drug-likeness (QED) is 0.840. The Kier molecular flexibility index (Phi) is 4.43. The van der Waals surface area contributed by atoms with Gasteiger partial charge < -0.3 is 9.84 Å². The number of rotatable bonds is 4. The largest absolute Gasteiger partial charge is 0.478 e. The summed E-state index contributed by atoms with van der Waals surface area (Å²) in [5.74, 6) is 0.491. The number of carboxylic acids is 1. The van der Waals surface area contributed by atoms with Gasteiger partial charge in [0.2, 0.25) is 0 Å². The Morgan fingerprint density at radius 2 is 1.71 bits per heavy atom. The van der Waals surface area contributed by atoms with E-state index in [4.69, 9.17) is 9.84 Å². The summed E-state index contributed by atoms with van der Waals surface area (Å²) in [5, 5.41) is 8.75. The standard InChI is InChI=1S/C18H18O3/c1-12-8-9-13(2)18(14(12)3)21-16-7-5-4-6-15(16)10-11-17(19)20/h4-11H,1-3H3,(H,19,20). The summed E-state index contributed by atoms with van der Waals surface area (Å²) in [4.78, 5) is 10.7. The highest BCUT2D eigenvalue weighted by Gasteiger charge is 2.09. The fourth-order valence-electron chi connectivity index (χ4n) is 2.06. The Balaban J connectivity index is 2.41. The number of para-hydroxylation sites is 1. The van der Waals surface area contributed by atoms with E-state index < -0.39 is 5.97 Å². The fourth-order valence-corrected chi connectivity index (χ4v) is 2.06. The molecule has 0 fully saturated rings. The highest BCUT2D eigenvalue weighted by atomic mass is 16.5. The van der Waals surface area contributed by atoms with Gasteiger partial charge in [-0.15, -0.1) is 0 Å². The van der Waals surface area contributed by atoms with Crippen molar-refractivity contribution in [1.29, 1.82) is 0 Å². The molecule has 1 N–H and O–H groups in total. The predicted molar refractivity (Wildman–Crippen MR) is 83.8 cm³/mol. The highest BCUT2D eigenvalue weighted by molar-refractivity contribution is 5.85. The molecule has 0 aliphatic rings. The molecular formula is C18H18O3. The van der Waals surface area contributed by atoms with Gasteiger partial charge in [-0.2, -0.15) is 0 Å². The second-order valence-electron chi connectivity index (χ2n) is 4.96. The zero-order chi connectivity index (χ0) is 15.4. The van der Waals surface area contributed by atoms with Gasteiger partial charge in [-0.1, -0.05) is 30.3 Å². The minimum absolute atomic E-state index is 0.645. The second kappa shape index (κ2) is 6.27. The van der Waals surface area contributed by atoms with Crippen molar-refractivity contribution in [3.63, 3.8) is 0 Å². The van der Waals surface area contributed by atoms with Crippen LogP contribution < -0.4 is 4.74 Å². The van der Waals surface area contributed by atoms with Crippen LogP contribution in [0, 0.1) is 20.8 Å². The summed E-state index contributed by atoms with van der Waals surface area (Å²) in [7, 11) is 0. The lowest BCUT2D eigenvalue weighted by Crippen LogP contribution is -1.95. The maximum Gasteiger partial charge on any atom is 0.328 e. The average Bonchev–Trinajstić information content (AvgIpc) is 2.46. The molecule has 0 heterocycles. The minimum atomic E-state index is -0.979. The third-order valence-electron chi connectivity index (χ3n) is 3.41. The first-order valence-electron chi connectivity index (χ1n) is 6.73. The number of aliphatic carboxylic acids is 1. The molecule has 21 heavy (non-hydrogen) atoms. The molecule has 3 heteroatoms. The summed E-state index contributed by atoms with van der Waals surface area (Å²) in [5.41, 5.74) is 4.04. The lowest BCUT2D eigenvalue weighted by molar-refractivity contribution is -0.131. The smallest absolute Gasteiger partial charge is 0.328 e. The van der Waals surface area contributed by atoms with Crippen LogP contribution in [0.4, 0.5) is 0 Å². The Hall–Kier alpha value is -2.55. The van der Waals surface area contributed by atoms with Crippen LogP contribution in [0.2, 0.25) is 0 Å². The van der Waals surface area contributed by atoms with Crippen molar-refractivity contribution in [2.75, 3.05) is 0 Å². The number of benzene rings is 2. The molecule has 108 valence electrons. The first-order valence-corrected chi connectivity index (χ1v) is 6.73. The Labute approximate surface area is 124 Å². The van der Waals surface area contributed by atoms with Gasteiger partial charge in [-0.3, -0.25) is 0 Å². The molecule has 0 aliphatic carbocycles. The molecule has 0 aliphatic heterocycles. The molecule has 0 bridgehead atoms. The van der Waals surface area contributed by atoms with E-state index >= 15 is 0 Å². The van der Waals surface area contributed by atoms with Crippen LogP contribution in [0.25, 0.3) is 6.08 Å². The van der Waals surface area contributed by atoms with Crippen LogP contribution in [-0.4, -0.2) is 11.1 Å². The van der Waals surface area contributed by atoms with Crippen LogP contribution in [0.1, 0.15) is 22.3 Å². The van der Waals surface area contributed by atoms with E-state index in [-0.39, 0.29) is 0 Å². The molecule has 3 nitrogen and oxygen atoms in total. The van der Waals surface area contributed by atoms with Gasteiger partial charge in [0.25, 0.3) is 0 Å². The van der Waals surface area contributed by atoms with Crippen LogP contribution in [0.15, 0.2) is 42.5 Å². The van der Waals surface area contributed by atoms with E-state index in [0.29, 0.717) is 5.75 Å². The summed E-state index contributed by atoms with van der Waals surface area (Å²) < 4.78 is 6.04. The number of ether oxygens (including phenoxy) is 1. The molecule has 2 rings (SSSR count). The van der Waals surface area contributed by atoms with Crippen molar-refractivity contribution in [2.45, 2.75) is 20.8 Å². The third-order valence-corrected chi connectivity index (χ3v) is 3.41. The van der Waals surface area contributed by atoms with Gasteiger partial charge in [0.05, 0.1) is 0 Å². The number of hydrogen-bond acceptors (Lipinski definition) is 2. The van der Waals surface area contributed by atoms with E-state index in [1.54, 1.807) is 0 Å². The van der Waals surface area contributed by atoms with Crippen molar-refractivity contribution in [1.82, 2.24) is 0 Å². The molecule has 0 amide bonds. The van der Waals surface area contributed by atoms with Crippen LogP contribution in [0.5, 0.6) is 11.5 Å². The summed E-state index contributed by atoms with van der Waals surface area (Å²) in [6, 6.07) is 11.5. The van der Waals surface area contributed by atoms with Crippen molar-refractivity contribution in [2.24, 2.45) is 0 Å². The second-order valence-corrected chi connectivity index (χ2v) is 4.96. The monoisotopic (exact) mass is 282 g/mol. The molecular weight excluding hydrogens is 264 g/mol. The SMILES string of the molecule is Cc1ccc(C)c(Oc2ccccc2C=CC(=O)O)c1C. The van der Waals surface area contributed by atoms with E-state index in [1.807, 2.05) is 51.1 Å². The summed E-state index contributed by atoms with van der Waals surface area (Å²) in [6.45, 7) is 6.06. The van der Waals surface area contributed by atoms with Gasteiger partial charge >= 0.3 is 5.97 Å². The topological polar surface area (TPSA) is 46.5 Å². The van der Waals surface area contributed by atoms with Crippen molar-refractivity contribution in [3.05, 3.63) is 64.7 Å². The number of carbonyl (C=O) groups is 1. The zero-order valence-corrected chi connectivity index (χ0v) is 12.4. The van der Waals surface area contributed by atoms with E-state index in [9.17, 15) is 4.79 Å². The molecule has 0 atom stereocenters.